The Kier molecular flexibility index (Phi) is 3.80. The van der Waals surface area contributed by atoms with E-state index in [9.17, 15) is 0 Å². The van der Waals surface area contributed by atoms with Gasteiger partial charge < -0.3 is 15.4 Å². The zero-order valence-electron chi connectivity index (χ0n) is 12.2. The van der Waals surface area contributed by atoms with Crippen LogP contribution < -0.4 is 10.6 Å². The number of hydrogen-bond donors (Lipinski definition) is 1. The largest absolute Gasteiger partial charge is 0.382 e. The van der Waals surface area contributed by atoms with Crippen molar-refractivity contribution in [3.63, 3.8) is 0 Å². The highest BCUT2D eigenvalue weighted by atomic mass is 16.5. The van der Waals surface area contributed by atoms with Crippen molar-refractivity contribution in [3.8, 4) is 0 Å². The van der Waals surface area contributed by atoms with Gasteiger partial charge in [0.25, 0.3) is 0 Å². The van der Waals surface area contributed by atoms with Gasteiger partial charge >= 0.3 is 0 Å². The molecule has 0 amide bonds. The van der Waals surface area contributed by atoms with Gasteiger partial charge in [0.1, 0.15) is 0 Å². The van der Waals surface area contributed by atoms with Crippen LogP contribution in [0.1, 0.15) is 19.4 Å². The Morgan fingerprint density at radius 2 is 2.21 bits per heavy atom. The quantitative estimate of drug-likeness (QED) is 0.903. The summed E-state index contributed by atoms with van der Waals surface area (Å²) >= 11 is 0. The van der Waals surface area contributed by atoms with Gasteiger partial charge in [-0.25, -0.2) is 0 Å². The third-order valence-corrected chi connectivity index (χ3v) is 3.92. The van der Waals surface area contributed by atoms with E-state index in [2.05, 4.69) is 48.9 Å². The smallest absolute Gasteiger partial charge is 0.196 e. The fourth-order valence-corrected chi connectivity index (χ4v) is 2.71. The molecule has 1 heterocycles. The Morgan fingerprint density at radius 3 is 2.79 bits per heavy atom. The van der Waals surface area contributed by atoms with Gasteiger partial charge in [0.2, 0.25) is 0 Å². The van der Waals surface area contributed by atoms with E-state index in [1.54, 1.807) is 7.11 Å². The van der Waals surface area contributed by atoms with Crippen molar-refractivity contribution in [1.29, 1.82) is 0 Å². The Hall–Kier alpha value is -1.55. The lowest BCUT2D eigenvalue weighted by Gasteiger charge is -2.42. The molecule has 1 aromatic carbocycles. The first-order chi connectivity index (χ1) is 9.01. The first kappa shape index (κ1) is 13.9. The molecular formula is C15H23N3O. The standard InChI is InChI=1S/C15H23N3O/c1-11(2)15(10-19-4)9-17-14(16)18(15)13-7-5-6-12(3)8-13/h5-8,11H,9-10H2,1-4H3,(H2,16,17). The van der Waals surface area contributed by atoms with Crippen LogP contribution in [0.15, 0.2) is 29.3 Å². The molecule has 1 unspecified atom stereocenters. The van der Waals surface area contributed by atoms with Crippen LogP contribution in [0.2, 0.25) is 0 Å². The minimum atomic E-state index is -0.188. The minimum absolute atomic E-state index is 0.188. The van der Waals surface area contributed by atoms with Crippen molar-refractivity contribution in [2.75, 3.05) is 25.2 Å². The van der Waals surface area contributed by atoms with Crippen LogP contribution in [0.5, 0.6) is 0 Å². The molecule has 1 aromatic rings. The van der Waals surface area contributed by atoms with Gasteiger partial charge in [0.05, 0.1) is 18.7 Å². The van der Waals surface area contributed by atoms with Gasteiger partial charge in [-0.15, -0.1) is 0 Å². The molecule has 0 saturated carbocycles. The summed E-state index contributed by atoms with van der Waals surface area (Å²) in [6.07, 6.45) is 0. The minimum Gasteiger partial charge on any atom is -0.382 e. The summed E-state index contributed by atoms with van der Waals surface area (Å²) in [5.41, 5.74) is 8.24. The molecule has 1 aliphatic heterocycles. The molecule has 0 fully saturated rings. The highest BCUT2D eigenvalue weighted by molar-refractivity contribution is 5.98. The predicted molar refractivity (Wildman–Crippen MR) is 79.6 cm³/mol. The first-order valence-corrected chi connectivity index (χ1v) is 6.67. The van der Waals surface area contributed by atoms with Gasteiger partial charge in [-0.3, -0.25) is 4.99 Å². The molecule has 0 spiro atoms. The van der Waals surface area contributed by atoms with Crippen molar-refractivity contribution < 1.29 is 4.74 Å². The lowest BCUT2D eigenvalue weighted by molar-refractivity contribution is 0.115. The number of methoxy groups -OCH3 is 1. The maximum Gasteiger partial charge on any atom is 0.196 e. The van der Waals surface area contributed by atoms with E-state index in [0.717, 1.165) is 5.69 Å². The Labute approximate surface area is 115 Å². The van der Waals surface area contributed by atoms with Crippen LogP contribution in [0.25, 0.3) is 0 Å². The highest BCUT2D eigenvalue weighted by Gasteiger charge is 2.45. The topological polar surface area (TPSA) is 50.9 Å². The van der Waals surface area contributed by atoms with Crippen LogP contribution in [0, 0.1) is 12.8 Å². The fourth-order valence-electron chi connectivity index (χ4n) is 2.71. The molecule has 104 valence electrons. The second-order valence-corrected chi connectivity index (χ2v) is 5.54. The number of ether oxygens (including phenoxy) is 1. The average molecular weight is 261 g/mol. The Morgan fingerprint density at radius 1 is 1.47 bits per heavy atom. The van der Waals surface area contributed by atoms with Crippen LogP contribution in [0.4, 0.5) is 5.69 Å². The lowest BCUT2D eigenvalue weighted by atomic mass is 9.85. The Bertz CT molecular complexity index is 484. The number of aryl methyl sites for hydroxylation is 1. The zero-order valence-corrected chi connectivity index (χ0v) is 12.2. The second kappa shape index (κ2) is 5.21. The van der Waals surface area contributed by atoms with E-state index in [1.807, 2.05) is 6.07 Å². The summed E-state index contributed by atoms with van der Waals surface area (Å²) in [5.74, 6) is 0.967. The van der Waals surface area contributed by atoms with Crippen molar-refractivity contribution in [2.24, 2.45) is 16.6 Å². The van der Waals surface area contributed by atoms with E-state index >= 15 is 0 Å². The summed E-state index contributed by atoms with van der Waals surface area (Å²) in [6, 6.07) is 8.35. The maximum atomic E-state index is 6.13. The van der Waals surface area contributed by atoms with E-state index in [4.69, 9.17) is 10.5 Å². The summed E-state index contributed by atoms with van der Waals surface area (Å²) in [7, 11) is 1.73. The fraction of sp³-hybridized carbons (Fsp3) is 0.533. The number of aliphatic imine (C=N–C) groups is 1. The molecule has 0 bridgehead atoms. The predicted octanol–water partition coefficient (Wildman–Crippen LogP) is 2.17. The molecule has 2 rings (SSSR count). The number of benzene rings is 1. The molecule has 0 aromatic heterocycles. The molecule has 4 nitrogen and oxygen atoms in total. The lowest BCUT2D eigenvalue weighted by Crippen LogP contribution is -2.58. The normalized spacial score (nSPS) is 23.0. The monoisotopic (exact) mass is 261 g/mol. The van der Waals surface area contributed by atoms with Crippen LogP contribution in [-0.4, -0.2) is 31.8 Å². The average Bonchev–Trinajstić information content (AvgIpc) is 2.68. The van der Waals surface area contributed by atoms with Crippen molar-refractivity contribution in [1.82, 2.24) is 0 Å². The van der Waals surface area contributed by atoms with Crippen molar-refractivity contribution in [3.05, 3.63) is 29.8 Å². The molecule has 1 aliphatic rings. The third kappa shape index (κ3) is 2.32. The molecule has 19 heavy (non-hydrogen) atoms. The summed E-state index contributed by atoms with van der Waals surface area (Å²) in [5, 5.41) is 0. The number of rotatable bonds is 4. The van der Waals surface area contributed by atoms with Crippen molar-refractivity contribution in [2.45, 2.75) is 26.3 Å². The van der Waals surface area contributed by atoms with Gasteiger partial charge in [-0.05, 0) is 30.5 Å². The van der Waals surface area contributed by atoms with Crippen LogP contribution >= 0.6 is 0 Å². The van der Waals surface area contributed by atoms with E-state index in [0.29, 0.717) is 25.0 Å². The van der Waals surface area contributed by atoms with Crippen LogP contribution in [-0.2, 0) is 4.74 Å². The highest BCUT2D eigenvalue weighted by Crippen LogP contribution is 2.35. The SMILES string of the molecule is COCC1(C(C)C)CN=C(N)N1c1cccc(C)c1. The molecule has 0 saturated heterocycles. The third-order valence-electron chi connectivity index (χ3n) is 3.92. The maximum absolute atomic E-state index is 6.13. The number of nitrogens with zero attached hydrogens (tertiary/aromatic N) is 2. The molecular weight excluding hydrogens is 238 g/mol. The summed E-state index contributed by atoms with van der Waals surface area (Å²) in [6.45, 7) is 7.76. The molecule has 0 radical (unpaired) electrons. The Balaban J connectivity index is 2.46. The van der Waals surface area contributed by atoms with E-state index in [1.165, 1.54) is 5.56 Å². The number of guanidine groups is 1. The van der Waals surface area contributed by atoms with Crippen molar-refractivity contribution >= 4 is 11.6 Å². The van der Waals surface area contributed by atoms with Gasteiger partial charge in [-0.2, -0.15) is 0 Å². The van der Waals surface area contributed by atoms with Gasteiger partial charge in [0, 0.05) is 12.8 Å². The van der Waals surface area contributed by atoms with E-state index < -0.39 is 0 Å². The number of hydrogen-bond acceptors (Lipinski definition) is 4. The summed E-state index contributed by atoms with van der Waals surface area (Å²) in [4.78, 5) is 6.59. The molecule has 0 aliphatic carbocycles. The second-order valence-electron chi connectivity index (χ2n) is 5.54. The van der Waals surface area contributed by atoms with Crippen LogP contribution in [0.3, 0.4) is 0 Å². The van der Waals surface area contributed by atoms with Gasteiger partial charge in [0.15, 0.2) is 5.96 Å². The van der Waals surface area contributed by atoms with Gasteiger partial charge in [-0.1, -0.05) is 26.0 Å². The number of anilines is 1. The zero-order chi connectivity index (χ0) is 14.0. The number of nitrogens with two attached hydrogens (primary N) is 1. The first-order valence-electron chi connectivity index (χ1n) is 6.67. The molecule has 4 heteroatoms. The van der Waals surface area contributed by atoms with E-state index in [-0.39, 0.29) is 5.54 Å². The summed E-state index contributed by atoms with van der Waals surface area (Å²) < 4.78 is 5.45. The molecule has 2 N–H and O–H groups in total. The molecule has 1 atom stereocenters.